The van der Waals surface area contributed by atoms with E-state index in [0.717, 1.165) is 11.3 Å². The van der Waals surface area contributed by atoms with Crippen LogP contribution in [0.25, 0.3) is 0 Å². The number of ether oxygens (including phenoxy) is 1. The smallest absolute Gasteiger partial charge is 0.256 e. The lowest BCUT2D eigenvalue weighted by molar-refractivity contribution is 0.0725. The van der Waals surface area contributed by atoms with Crippen molar-refractivity contribution in [2.45, 2.75) is 52.7 Å². The molecule has 0 spiro atoms. The minimum Gasteiger partial charge on any atom is -0.489 e. The summed E-state index contributed by atoms with van der Waals surface area (Å²) < 4.78 is 5.80. The number of hydrogen-bond acceptors (Lipinski definition) is 4. The van der Waals surface area contributed by atoms with E-state index in [1.165, 1.54) is 0 Å². The summed E-state index contributed by atoms with van der Waals surface area (Å²) in [5, 5.41) is 9.74. The van der Waals surface area contributed by atoms with Crippen molar-refractivity contribution in [3.63, 3.8) is 0 Å². The van der Waals surface area contributed by atoms with Crippen molar-refractivity contribution in [2.24, 2.45) is 0 Å². The van der Waals surface area contributed by atoms with Crippen molar-refractivity contribution in [1.82, 2.24) is 9.88 Å². The van der Waals surface area contributed by atoms with Gasteiger partial charge in [0.1, 0.15) is 5.75 Å². The van der Waals surface area contributed by atoms with E-state index in [-0.39, 0.29) is 35.7 Å². The number of aliphatic hydroxyl groups is 1. The lowest BCUT2D eigenvalue weighted by Gasteiger charge is -2.31. The predicted molar refractivity (Wildman–Crippen MR) is 118 cm³/mol. The van der Waals surface area contributed by atoms with Gasteiger partial charge in [-0.15, -0.1) is 0 Å². The summed E-state index contributed by atoms with van der Waals surface area (Å²) in [7, 11) is 0. The van der Waals surface area contributed by atoms with Crippen molar-refractivity contribution >= 4 is 29.1 Å². The number of aromatic amines is 1. The van der Waals surface area contributed by atoms with Gasteiger partial charge in [-0.3, -0.25) is 9.59 Å². The highest BCUT2D eigenvalue weighted by Gasteiger charge is 2.31. The fourth-order valence-corrected chi connectivity index (χ4v) is 4.36. The maximum atomic E-state index is 13.3. The zero-order valence-electron chi connectivity index (χ0n) is 17.3. The Hall–Kier alpha value is -2.02. The molecule has 2 N–H and O–H groups in total. The Balaban J connectivity index is 1.95. The van der Waals surface area contributed by atoms with Crippen LogP contribution in [0.5, 0.6) is 5.75 Å². The minimum atomic E-state index is -0.283. The van der Waals surface area contributed by atoms with E-state index in [0.29, 0.717) is 53.3 Å². The number of aliphatic hydroxyl groups excluding tert-OH is 1. The standard InChI is InChI=1S/C22H26Cl2N2O4/c1-4-14-9-12(2)25-21(28)16(14)11-26-7-5-15-17(23)10-18(30-13(3)6-8-27)20(24)19(15)22(26)29/h9-10,13,27H,4-8,11H2,1-3H3,(H,25,28)/t13-/m0/s1. The summed E-state index contributed by atoms with van der Waals surface area (Å²) in [6.07, 6.45) is 1.39. The van der Waals surface area contributed by atoms with Gasteiger partial charge in [-0.05, 0) is 43.9 Å². The number of aromatic nitrogens is 1. The third kappa shape index (κ3) is 4.51. The molecule has 0 unspecified atom stereocenters. The maximum absolute atomic E-state index is 13.3. The second-order valence-corrected chi connectivity index (χ2v) is 8.37. The molecule has 0 aliphatic carbocycles. The van der Waals surface area contributed by atoms with Crippen LogP contribution in [0, 0.1) is 6.92 Å². The molecule has 30 heavy (non-hydrogen) atoms. The number of hydrogen-bond donors (Lipinski definition) is 2. The van der Waals surface area contributed by atoms with Gasteiger partial charge in [-0.1, -0.05) is 30.1 Å². The lowest BCUT2D eigenvalue weighted by Crippen LogP contribution is -2.39. The monoisotopic (exact) mass is 452 g/mol. The van der Waals surface area contributed by atoms with Crippen LogP contribution < -0.4 is 10.3 Å². The number of halogens is 2. The van der Waals surface area contributed by atoms with Gasteiger partial charge in [0.05, 0.1) is 23.2 Å². The van der Waals surface area contributed by atoms with Crippen LogP contribution in [0.15, 0.2) is 16.9 Å². The first-order chi connectivity index (χ1) is 14.3. The van der Waals surface area contributed by atoms with Crippen LogP contribution in [0.4, 0.5) is 0 Å². The maximum Gasteiger partial charge on any atom is 0.256 e. The number of amides is 1. The molecule has 8 heteroatoms. The Labute approximate surface area is 185 Å². The number of aryl methyl sites for hydroxylation is 2. The van der Waals surface area contributed by atoms with Crippen molar-refractivity contribution < 1.29 is 14.6 Å². The molecule has 0 saturated heterocycles. The minimum absolute atomic E-state index is 0.0188. The number of rotatable bonds is 7. The summed E-state index contributed by atoms with van der Waals surface area (Å²) in [5.74, 6) is 0.0458. The van der Waals surface area contributed by atoms with Gasteiger partial charge in [-0.25, -0.2) is 0 Å². The van der Waals surface area contributed by atoms with E-state index >= 15 is 0 Å². The summed E-state index contributed by atoms with van der Waals surface area (Å²) in [4.78, 5) is 30.3. The molecular formula is C22H26Cl2N2O4. The second kappa shape index (κ2) is 9.41. The molecule has 1 aliphatic heterocycles. The van der Waals surface area contributed by atoms with Crippen molar-refractivity contribution in [1.29, 1.82) is 0 Å². The highest BCUT2D eigenvalue weighted by atomic mass is 35.5. The Morgan fingerprint density at radius 1 is 1.30 bits per heavy atom. The average Bonchev–Trinajstić information content (AvgIpc) is 2.68. The molecule has 0 fully saturated rings. The molecule has 0 saturated carbocycles. The molecule has 1 aromatic carbocycles. The number of carbonyl (C=O) groups excluding carboxylic acids is 1. The number of nitrogens with one attached hydrogen (secondary N) is 1. The van der Waals surface area contributed by atoms with Crippen molar-refractivity contribution in [3.8, 4) is 5.75 Å². The fraction of sp³-hybridized carbons (Fsp3) is 0.455. The van der Waals surface area contributed by atoms with Gasteiger partial charge in [0, 0.05) is 41.9 Å². The molecule has 1 aliphatic rings. The van der Waals surface area contributed by atoms with Gasteiger partial charge in [0.25, 0.3) is 11.5 Å². The number of fused-ring (bicyclic) bond motifs is 1. The van der Waals surface area contributed by atoms with Crippen LogP contribution in [-0.2, 0) is 19.4 Å². The molecule has 1 atom stereocenters. The first-order valence-corrected chi connectivity index (χ1v) is 10.8. The van der Waals surface area contributed by atoms with Gasteiger partial charge >= 0.3 is 0 Å². The Kier molecular flexibility index (Phi) is 7.11. The third-order valence-electron chi connectivity index (χ3n) is 5.37. The molecule has 6 nitrogen and oxygen atoms in total. The first kappa shape index (κ1) is 22.7. The topological polar surface area (TPSA) is 82.6 Å². The molecule has 1 aromatic heterocycles. The zero-order chi connectivity index (χ0) is 22.0. The normalized spacial score (nSPS) is 14.6. The molecule has 2 aromatic rings. The molecule has 162 valence electrons. The van der Waals surface area contributed by atoms with E-state index in [4.69, 9.17) is 33.0 Å². The van der Waals surface area contributed by atoms with Gasteiger partial charge < -0.3 is 19.7 Å². The molecule has 0 radical (unpaired) electrons. The van der Waals surface area contributed by atoms with Crippen molar-refractivity contribution in [2.75, 3.05) is 13.2 Å². The molecule has 2 heterocycles. The Morgan fingerprint density at radius 2 is 2.03 bits per heavy atom. The molecule has 3 rings (SSSR count). The summed E-state index contributed by atoms with van der Waals surface area (Å²) in [6.45, 7) is 6.27. The summed E-state index contributed by atoms with van der Waals surface area (Å²) in [6, 6.07) is 3.57. The highest BCUT2D eigenvalue weighted by molar-refractivity contribution is 6.38. The second-order valence-electron chi connectivity index (χ2n) is 7.58. The molecular weight excluding hydrogens is 427 g/mol. The number of carbonyl (C=O) groups is 1. The highest BCUT2D eigenvalue weighted by Crippen LogP contribution is 2.39. The van der Waals surface area contributed by atoms with Gasteiger partial charge in [0.2, 0.25) is 0 Å². The van der Waals surface area contributed by atoms with E-state index < -0.39 is 0 Å². The van der Waals surface area contributed by atoms with Gasteiger partial charge in [0.15, 0.2) is 0 Å². The van der Waals surface area contributed by atoms with E-state index in [9.17, 15) is 9.59 Å². The summed E-state index contributed by atoms with van der Waals surface area (Å²) >= 11 is 13.0. The average molecular weight is 453 g/mol. The van der Waals surface area contributed by atoms with Crippen LogP contribution in [0.3, 0.4) is 0 Å². The Morgan fingerprint density at radius 3 is 2.70 bits per heavy atom. The first-order valence-electron chi connectivity index (χ1n) is 10.1. The predicted octanol–water partition coefficient (Wildman–Crippen LogP) is 3.90. The molecule has 0 bridgehead atoms. The lowest BCUT2D eigenvalue weighted by atomic mass is 9.97. The van der Waals surface area contributed by atoms with Crippen LogP contribution >= 0.6 is 23.2 Å². The fourth-order valence-electron chi connectivity index (χ4n) is 3.77. The van der Waals surface area contributed by atoms with Crippen LogP contribution in [0.2, 0.25) is 10.0 Å². The quantitative estimate of drug-likeness (QED) is 0.666. The van der Waals surface area contributed by atoms with E-state index in [1.807, 2.05) is 26.8 Å². The van der Waals surface area contributed by atoms with E-state index in [1.54, 1.807) is 11.0 Å². The summed E-state index contributed by atoms with van der Waals surface area (Å²) in [5.41, 5.74) is 3.15. The largest absolute Gasteiger partial charge is 0.489 e. The van der Waals surface area contributed by atoms with Crippen molar-refractivity contribution in [3.05, 3.63) is 60.5 Å². The number of benzene rings is 1. The van der Waals surface area contributed by atoms with E-state index in [2.05, 4.69) is 4.98 Å². The number of pyridine rings is 1. The van der Waals surface area contributed by atoms with Crippen LogP contribution in [-0.4, -0.2) is 40.2 Å². The SMILES string of the molecule is CCc1cc(C)[nH]c(=O)c1CN1CCc2c(Cl)cc(O[C@@H](C)CCO)c(Cl)c2C1=O. The zero-order valence-corrected chi connectivity index (χ0v) is 18.9. The Bertz CT molecular complexity index is 1020. The van der Waals surface area contributed by atoms with Crippen LogP contribution in [0.1, 0.15) is 53.0 Å². The number of H-pyrrole nitrogens is 1. The number of nitrogens with zero attached hydrogens (tertiary/aromatic N) is 1. The third-order valence-corrected chi connectivity index (χ3v) is 6.09. The van der Waals surface area contributed by atoms with Gasteiger partial charge in [-0.2, -0.15) is 0 Å². The molecule has 1 amide bonds.